The molecule has 0 aromatic heterocycles. The molecule has 1 amide bonds. The summed E-state index contributed by atoms with van der Waals surface area (Å²) in [6, 6.07) is 0. The molecule has 0 radical (unpaired) electrons. The molecule has 0 spiro atoms. The second-order valence-corrected chi connectivity index (χ2v) is 21.8. The molecule has 0 unspecified atom stereocenters. The summed E-state index contributed by atoms with van der Waals surface area (Å²) >= 11 is 0. The summed E-state index contributed by atoms with van der Waals surface area (Å²) in [6.07, 6.45) is 33.6. The first-order valence-corrected chi connectivity index (χ1v) is 28.1. The number of carbonyl (C=O) groups is 1. The standard InChI is InChI=1S/C8H15NO.7C6H13N.C5H11N.3CH4/c1-7-3-5-9(6-4-7)8(2)10;1-6-2-4-7-5-3-6;6*1-7-5-3-2-4-6-7;1-6-4-2-3-5-6;;;/h7H,3-6H2,1-2H3;6-7H,2-5H2,1H3;6*2-6H2,1H3;2-5H2,1H3;3*1H4. The Labute approximate surface area is 429 Å². The van der Waals surface area contributed by atoms with Crippen molar-refractivity contribution in [3.05, 3.63) is 0 Å². The topological polar surface area (TPSA) is 55.0 Å². The van der Waals surface area contributed by atoms with Crippen LogP contribution in [0.1, 0.15) is 197 Å². The Morgan fingerprint density at radius 3 is 0.603 bits per heavy atom. The lowest BCUT2D eigenvalue weighted by Crippen LogP contribution is -2.36. The predicted octanol–water partition coefficient (Wildman–Crippen LogP) is 11.5. The number of amides is 1. The second kappa shape index (κ2) is 49.7. The SMILES string of the molecule is C.C.C.CC(=O)N1CCC(C)CC1.CC1CCNCC1.CN1CCCC1.CN1CCCCC1.CN1CCCCC1.CN1CCCCC1.CN1CCCCC1.CN1CCCCC1.CN1CCCCC1. The van der Waals surface area contributed by atoms with Crippen molar-refractivity contribution >= 4 is 5.91 Å². The van der Waals surface area contributed by atoms with Gasteiger partial charge in [0, 0.05) is 20.0 Å². The van der Waals surface area contributed by atoms with Gasteiger partial charge in [0.2, 0.25) is 5.91 Å². The molecule has 412 valence electrons. The van der Waals surface area contributed by atoms with Gasteiger partial charge < -0.3 is 44.5 Å². The van der Waals surface area contributed by atoms with E-state index < -0.39 is 0 Å². The van der Waals surface area contributed by atoms with Gasteiger partial charge in [0.05, 0.1) is 0 Å². The van der Waals surface area contributed by atoms with Gasteiger partial charge in [-0.25, -0.2) is 0 Å². The van der Waals surface area contributed by atoms with Crippen LogP contribution in [0.3, 0.4) is 0 Å². The minimum atomic E-state index is 0. The highest BCUT2D eigenvalue weighted by Crippen LogP contribution is 2.15. The highest BCUT2D eigenvalue weighted by molar-refractivity contribution is 5.73. The van der Waals surface area contributed by atoms with E-state index in [1.807, 2.05) is 4.90 Å². The molecule has 10 nitrogen and oxygen atoms in total. The third-order valence-corrected chi connectivity index (χ3v) is 14.7. The van der Waals surface area contributed by atoms with Gasteiger partial charge in [-0.3, -0.25) is 4.79 Å². The van der Waals surface area contributed by atoms with Gasteiger partial charge in [-0.2, -0.15) is 0 Å². The minimum absolute atomic E-state index is 0. The Morgan fingerprint density at radius 2 is 0.485 bits per heavy atom. The third-order valence-electron chi connectivity index (χ3n) is 14.7. The van der Waals surface area contributed by atoms with E-state index in [1.54, 1.807) is 6.92 Å². The maximum Gasteiger partial charge on any atom is 0.219 e. The fourth-order valence-corrected chi connectivity index (χ4v) is 9.48. The van der Waals surface area contributed by atoms with Crippen LogP contribution in [0.25, 0.3) is 0 Å². The van der Waals surface area contributed by atoms with Crippen LogP contribution < -0.4 is 5.32 Å². The van der Waals surface area contributed by atoms with Crippen LogP contribution in [0.5, 0.6) is 0 Å². The van der Waals surface area contributed by atoms with Crippen LogP contribution in [-0.4, -0.2) is 212 Å². The van der Waals surface area contributed by atoms with Gasteiger partial charge in [-0.1, -0.05) is 74.7 Å². The van der Waals surface area contributed by atoms with E-state index in [4.69, 9.17) is 0 Å². The van der Waals surface area contributed by atoms with Gasteiger partial charge in [0.1, 0.15) is 0 Å². The molecule has 0 bridgehead atoms. The molecule has 9 fully saturated rings. The number of nitrogens with one attached hydrogen (secondary N) is 1. The molecule has 68 heavy (non-hydrogen) atoms. The van der Waals surface area contributed by atoms with Crippen LogP contribution in [0, 0.1) is 11.8 Å². The average Bonchev–Trinajstić information content (AvgIpc) is 3.81. The Kier molecular flexibility index (Phi) is 52.2. The molecule has 9 aliphatic rings. The highest BCUT2D eigenvalue weighted by atomic mass is 16.2. The molecule has 0 atom stereocenters. The average molecular weight is 969 g/mol. The van der Waals surface area contributed by atoms with Crippen LogP contribution >= 0.6 is 0 Å². The zero-order valence-electron chi connectivity index (χ0n) is 45.8. The maximum atomic E-state index is 10.8. The first kappa shape index (κ1) is 71.4. The first-order valence-electron chi connectivity index (χ1n) is 28.1. The fourth-order valence-electron chi connectivity index (χ4n) is 9.48. The van der Waals surface area contributed by atoms with Crippen LogP contribution in [-0.2, 0) is 4.79 Å². The number of rotatable bonds is 0. The van der Waals surface area contributed by atoms with Crippen molar-refractivity contribution in [1.29, 1.82) is 0 Å². The Morgan fingerprint density at radius 1 is 0.309 bits per heavy atom. The largest absolute Gasteiger partial charge is 0.343 e. The molecule has 9 aliphatic heterocycles. The minimum Gasteiger partial charge on any atom is -0.343 e. The Bertz CT molecular complexity index is 824. The number of likely N-dealkylation sites (tertiary alicyclic amines) is 8. The summed E-state index contributed by atoms with van der Waals surface area (Å²) in [5, 5.41) is 3.32. The molecule has 0 saturated carbocycles. The molecular weight excluding hydrogens is 839 g/mol. The van der Waals surface area contributed by atoms with E-state index in [-0.39, 0.29) is 28.2 Å². The lowest BCUT2D eigenvalue weighted by molar-refractivity contribution is -0.130. The molecular formula is C58H129N9O. The van der Waals surface area contributed by atoms with Crippen molar-refractivity contribution < 1.29 is 4.79 Å². The van der Waals surface area contributed by atoms with Crippen molar-refractivity contribution in [3.63, 3.8) is 0 Å². The number of carbonyl (C=O) groups excluding carboxylic acids is 1. The van der Waals surface area contributed by atoms with E-state index in [0.29, 0.717) is 0 Å². The molecule has 9 heterocycles. The quantitative estimate of drug-likeness (QED) is 0.256. The third kappa shape index (κ3) is 46.2. The van der Waals surface area contributed by atoms with E-state index in [0.717, 1.165) is 24.9 Å². The zero-order valence-corrected chi connectivity index (χ0v) is 45.8. The van der Waals surface area contributed by atoms with Crippen LogP contribution in [0.2, 0.25) is 0 Å². The first-order chi connectivity index (χ1) is 31.3. The molecule has 10 heteroatoms. The smallest absolute Gasteiger partial charge is 0.219 e. The Hall–Kier alpha value is -0.850. The summed E-state index contributed by atoms with van der Waals surface area (Å²) in [6.45, 7) is 29.1. The summed E-state index contributed by atoms with van der Waals surface area (Å²) in [5.41, 5.74) is 0. The molecule has 0 aliphatic carbocycles. The number of piperidine rings is 8. The van der Waals surface area contributed by atoms with Crippen molar-refractivity contribution in [1.82, 2.24) is 44.5 Å². The summed E-state index contributed by atoms with van der Waals surface area (Å²) < 4.78 is 0. The lowest BCUT2D eigenvalue weighted by atomic mass is 9.99. The molecule has 0 aromatic carbocycles. The van der Waals surface area contributed by atoms with E-state index in [2.05, 4.69) is 103 Å². The number of nitrogens with zero attached hydrogens (tertiary/aromatic N) is 8. The van der Waals surface area contributed by atoms with E-state index in [1.165, 1.54) is 259 Å². The van der Waals surface area contributed by atoms with E-state index in [9.17, 15) is 4.79 Å². The molecule has 9 saturated heterocycles. The van der Waals surface area contributed by atoms with Crippen molar-refractivity contribution in [2.45, 2.75) is 197 Å². The van der Waals surface area contributed by atoms with Crippen molar-refractivity contribution in [2.24, 2.45) is 11.8 Å². The van der Waals surface area contributed by atoms with Crippen LogP contribution in [0.4, 0.5) is 0 Å². The van der Waals surface area contributed by atoms with Gasteiger partial charge in [-0.15, -0.1) is 0 Å². The van der Waals surface area contributed by atoms with Crippen molar-refractivity contribution in [3.8, 4) is 0 Å². The lowest BCUT2D eigenvalue weighted by Gasteiger charge is -2.29. The van der Waals surface area contributed by atoms with Crippen LogP contribution in [0.15, 0.2) is 0 Å². The summed E-state index contributed by atoms with van der Waals surface area (Å²) in [4.78, 5) is 29.5. The van der Waals surface area contributed by atoms with Gasteiger partial charge >= 0.3 is 0 Å². The summed E-state index contributed by atoms with van der Waals surface area (Å²) in [5.74, 6) is 2.02. The normalized spacial score (nSPS) is 23.6. The summed E-state index contributed by atoms with van der Waals surface area (Å²) in [7, 11) is 15.3. The molecule has 0 aromatic rings. The number of hydrogen-bond donors (Lipinski definition) is 1. The zero-order chi connectivity index (χ0) is 47.8. The number of hydrogen-bond acceptors (Lipinski definition) is 9. The van der Waals surface area contributed by atoms with Crippen molar-refractivity contribution in [2.75, 3.05) is 167 Å². The fraction of sp³-hybridized carbons (Fsp3) is 0.983. The highest BCUT2D eigenvalue weighted by Gasteiger charge is 2.17. The Balaban J connectivity index is -0.000000697. The monoisotopic (exact) mass is 968 g/mol. The maximum absolute atomic E-state index is 10.8. The molecule has 9 rings (SSSR count). The second-order valence-electron chi connectivity index (χ2n) is 21.8. The van der Waals surface area contributed by atoms with E-state index >= 15 is 0 Å². The van der Waals surface area contributed by atoms with Gasteiger partial charge in [0.15, 0.2) is 0 Å². The van der Waals surface area contributed by atoms with Gasteiger partial charge in [0.25, 0.3) is 0 Å². The predicted molar refractivity (Wildman–Crippen MR) is 307 cm³/mol. The van der Waals surface area contributed by atoms with Gasteiger partial charge in [-0.05, 0) is 281 Å². The molecule has 1 N–H and O–H groups in total.